The van der Waals surface area contributed by atoms with Gasteiger partial charge in [0.15, 0.2) is 0 Å². The molecule has 118 valence electrons. The highest BCUT2D eigenvalue weighted by Crippen LogP contribution is 2.21. The summed E-state index contributed by atoms with van der Waals surface area (Å²) < 4.78 is 0. The van der Waals surface area contributed by atoms with Crippen molar-refractivity contribution in [2.75, 3.05) is 6.54 Å². The van der Waals surface area contributed by atoms with Gasteiger partial charge in [0.05, 0.1) is 11.8 Å². The van der Waals surface area contributed by atoms with Crippen molar-refractivity contribution in [2.45, 2.75) is 26.5 Å². The Bertz CT molecular complexity index is 637. The first-order valence-electron chi connectivity index (χ1n) is 6.93. The fourth-order valence-electron chi connectivity index (χ4n) is 2.11. The summed E-state index contributed by atoms with van der Waals surface area (Å²) in [7, 11) is 0. The molecule has 2 amide bonds. The summed E-state index contributed by atoms with van der Waals surface area (Å²) in [5, 5.41) is 22.8. The summed E-state index contributed by atoms with van der Waals surface area (Å²) in [6.07, 6.45) is -0.850. The minimum absolute atomic E-state index is 0.0823. The van der Waals surface area contributed by atoms with Gasteiger partial charge in [-0.15, -0.1) is 0 Å². The molecule has 7 heteroatoms. The second-order valence-electron chi connectivity index (χ2n) is 5.01. The number of aliphatic hydroxyl groups excluding tert-OH is 1. The van der Waals surface area contributed by atoms with E-state index in [0.717, 1.165) is 17.0 Å². The van der Waals surface area contributed by atoms with E-state index < -0.39 is 6.10 Å². The Balaban J connectivity index is 1.82. The van der Waals surface area contributed by atoms with E-state index in [-0.39, 0.29) is 12.6 Å². The predicted molar refractivity (Wildman–Crippen MR) is 84.7 cm³/mol. The Morgan fingerprint density at radius 2 is 2.09 bits per heavy atom. The number of urea groups is 1. The van der Waals surface area contributed by atoms with Gasteiger partial charge in [-0.25, -0.2) is 4.79 Å². The molecule has 1 unspecified atom stereocenters. The zero-order valence-electron chi connectivity index (χ0n) is 12.5. The number of aromatic amines is 1. The molecule has 0 aliphatic rings. The lowest BCUT2D eigenvalue weighted by Crippen LogP contribution is -2.37. The van der Waals surface area contributed by atoms with E-state index >= 15 is 0 Å². The number of aliphatic hydroxyl groups is 1. The lowest BCUT2D eigenvalue weighted by Gasteiger charge is -2.14. The maximum absolute atomic E-state index is 11.8. The number of carbonyl (C=O) groups is 1. The van der Waals surface area contributed by atoms with Crippen LogP contribution in [-0.2, 0) is 6.54 Å². The van der Waals surface area contributed by atoms with Crippen molar-refractivity contribution in [2.24, 2.45) is 0 Å². The smallest absolute Gasteiger partial charge is 0.315 e. The van der Waals surface area contributed by atoms with Crippen molar-refractivity contribution >= 4 is 17.6 Å². The molecular formula is C15H19ClN4O2. The van der Waals surface area contributed by atoms with E-state index in [1.165, 1.54) is 0 Å². The minimum Gasteiger partial charge on any atom is -0.387 e. The molecule has 0 saturated heterocycles. The zero-order chi connectivity index (χ0) is 16.1. The second-order valence-corrected chi connectivity index (χ2v) is 5.42. The third kappa shape index (κ3) is 3.99. The molecular weight excluding hydrogens is 304 g/mol. The summed E-state index contributed by atoms with van der Waals surface area (Å²) in [4.78, 5) is 11.8. The number of amides is 2. The number of aryl methyl sites for hydroxylation is 2. The number of H-pyrrole nitrogens is 1. The molecule has 0 saturated carbocycles. The van der Waals surface area contributed by atoms with E-state index in [1.54, 1.807) is 24.3 Å². The number of hydrogen-bond donors (Lipinski definition) is 4. The molecule has 0 aliphatic carbocycles. The highest BCUT2D eigenvalue weighted by molar-refractivity contribution is 6.31. The van der Waals surface area contributed by atoms with Gasteiger partial charge in [0.2, 0.25) is 0 Å². The van der Waals surface area contributed by atoms with E-state index in [0.29, 0.717) is 17.1 Å². The van der Waals surface area contributed by atoms with Gasteiger partial charge in [-0.2, -0.15) is 5.10 Å². The van der Waals surface area contributed by atoms with Gasteiger partial charge in [0.25, 0.3) is 0 Å². The highest BCUT2D eigenvalue weighted by Gasteiger charge is 2.13. The van der Waals surface area contributed by atoms with Gasteiger partial charge in [0, 0.05) is 34.9 Å². The number of nitrogens with zero attached hydrogens (tertiary/aromatic N) is 1. The summed E-state index contributed by atoms with van der Waals surface area (Å²) in [5.41, 5.74) is 3.33. The standard InChI is InChI=1S/C15H19ClN4O2/c1-9-12(10(2)20-19-9)7-17-15(22)18-8-14(21)11-5-3-4-6-13(11)16/h3-6,14,21H,7-8H2,1-2H3,(H,19,20)(H2,17,18,22). The van der Waals surface area contributed by atoms with Crippen LogP contribution >= 0.6 is 11.6 Å². The number of rotatable bonds is 5. The SMILES string of the molecule is Cc1n[nH]c(C)c1CNC(=O)NCC(O)c1ccccc1Cl. The summed E-state index contributed by atoms with van der Waals surface area (Å²) in [6.45, 7) is 4.23. The average molecular weight is 323 g/mol. The Labute approximate surface area is 133 Å². The summed E-state index contributed by atoms with van der Waals surface area (Å²) in [5.74, 6) is 0. The maximum Gasteiger partial charge on any atom is 0.315 e. The van der Waals surface area contributed by atoms with Crippen LogP contribution in [0, 0.1) is 13.8 Å². The maximum atomic E-state index is 11.8. The van der Waals surface area contributed by atoms with Gasteiger partial charge in [-0.3, -0.25) is 5.10 Å². The van der Waals surface area contributed by atoms with Crippen molar-refractivity contribution in [3.05, 3.63) is 51.8 Å². The van der Waals surface area contributed by atoms with Crippen LogP contribution in [0.15, 0.2) is 24.3 Å². The molecule has 2 rings (SSSR count). The Morgan fingerprint density at radius 1 is 1.36 bits per heavy atom. The molecule has 4 N–H and O–H groups in total. The van der Waals surface area contributed by atoms with Crippen LogP contribution in [0.1, 0.15) is 28.6 Å². The molecule has 1 atom stereocenters. The molecule has 0 spiro atoms. The number of hydrogen-bond acceptors (Lipinski definition) is 3. The quantitative estimate of drug-likeness (QED) is 0.680. The summed E-state index contributed by atoms with van der Waals surface area (Å²) >= 11 is 6.00. The van der Waals surface area contributed by atoms with Gasteiger partial charge < -0.3 is 15.7 Å². The number of benzene rings is 1. The molecule has 6 nitrogen and oxygen atoms in total. The van der Waals surface area contributed by atoms with E-state index in [2.05, 4.69) is 20.8 Å². The average Bonchev–Trinajstić information content (AvgIpc) is 2.82. The van der Waals surface area contributed by atoms with Crippen LogP contribution in [0.3, 0.4) is 0 Å². The molecule has 0 fully saturated rings. The Kier molecular flexibility index (Phi) is 5.41. The Morgan fingerprint density at radius 3 is 2.73 bits per heavy atom. The third-order valence-electron chi connectivity index (χ3n) is 3.43. The van der Waals surface area contributed by atoms with Crippen LogP contribution in [-0.4, -0.2) is 27.9 Å². The van der Waals surface area contributed by atoms with Crippen molar-refractivity contribution in [3.8, 4) is 0 Å². The lowest BCUT2D eigenvalue weighted by atomic mass is 10.1. The molecule has 2 aromatic rings. The van der Waals surface area contributed by atoms with Crippen molar-refractivity contribution in [1.29, 1.82) is 0 Å². The van der Waals surface area contributed by atoms with Gasteiger partial charge in [0.1, 0.15) is 0 Å². The second kappa shape index (κ2) is 7.29. The van der Waals surface area contributed by atoms with Crippen molar-refractivity contribution < 1.29 is 9.90 Å². The molecule has 0 radical (unpaired) electrons. The number of halogens is 1. The van der Waals surface area contributed by atoms with Gasteiger partial charge in [-0.1, -0.05) is 29.8 Å². The fraction of sp³-hybridized carbons (Fsp3) is 0.333. The first-order valence-corrected chi connectivity index (χ1v) is 7.31. The van der Waals surface area contributed by atoms with Crippen LogP contribution in [0.5, 0.6) is 0 Å². The lowest BCUT2D eigenvalue weighted by molar-refractivity contribution is 0.173. The normalized spacial score (nSPS) is 12.0. The van der Waals surface area contributed by atoms with Gasteiger partial charge in [-0.05, 0) is 19.9 Å². The van der Waals surface area contributed by atoms with Crippen LogP contribution in [0.4, 0.5) is 4.79 Å². The number of aromatic nitrogens is 2. The zero-order valence-corrected chi connectivity index (χ0v) is 13.2. The number of carbonyl (C=O) groups excluding carboxylic acids is 1. The molecule has 1 aromatic heterocycles. The minimum atomic E-state index is -0.850. The van der Waals surface area contributed by atoms with Crippen molar-refractivity contribution in [3.63, 3.8) is 0 Å². The van der Waals surface area contributed by atoms with Gasteiger partial charge >= 0.3 is 6.03 Å². The fourth-order valence-corrected chi connectivity index (χ4v) is 2.37. The monoisotopic (exact) mass is 322 g/mol. The molecule has 22 heavy (non-hydrogen) atoms. The van der Waals surface area contributed by atoms with Crippen molar-refractivity contribution in [1.82, 2.24) is 20.8 Å². The van der Waals surface area contributed by atoms with Crippen LogP contribution in [0.2, 0.25) is 5.02 Å². The van der Waals surface area contributed by atoms with Crippen LogP contribution in [0.25, 0.3) is 0 Å². The topological polar surface area (TPSA) is 90.0 Å². The predicted octanol–water partition coefficient (Wildman–Crippen LogP) is 2.21. The Hall–Kier alpha value is -2.05. The van der Waals surface area contributed by atoms with E-state index in [9.17, 15) is 9.90 Å². The first-order chi connectivity index (χ1) is 10.5. The molecule has 0 bridgehead atoms. The molecule has 1 heterocycles. The largest absolute Gasteiger partial charge is 0.387 e. The number of nitrogens with one attached hydrogen (secondary N) is 3. The molecule has 0 aliphatic heterocycles. The summed E-state index contributed by atoms with van der Waals surface area (Å²) in [6, 6.07) is 6.64. The van der Waals surface area contributed by atoms with Crippen LogP contribution < -0.4 is 10.6 Å². The first kappa shape index (κ1) is 16.3. The van der Waals surface area contributed by atoms with E-state index in [4.69, 9.17) is 11.6 Å². The highest BCUT2D eigenvalue weighted by atomic mass is 35.5. The third-order valence-corrected chi connectivity index (χ3v) is 3.77. The van der Waals surface area contributed by atoms with E-state index in [1.807, 2.05) is 13.8 Å². The molecule has 1 aromatic carbocycles.